The lowest BCUT2D eigenvalue weighted by Crippen LogP contribution is -1.96. The second kappa shape index (κ2) is 3.10. The first-order valence-electron chi connectivity index (χ1n) is 3.74. The van der Waals surface area contributed by atoms with Gasteiger partial charge in [0.25, 0.3) is 0 Å². The molecule has 5 heteroatoms. The first-order valence-corrected chi connectivity index (χ1v) is 4.62. The van der Waals surface area contributed by atoms with Crippen LogP contribution >= 0.6 is 11.3 Å². The van der Waals surface area contributed by atoms with Crippen LogP contribution in [0.15, 0.2) is 23.8 Å². The number of hydrogen-bond donors (Lipinski definition) is 0. The van der Waals surface area contributed by atoms with E-state index in [2.05, 4.69) is 10.1 Å². The third-order valence-electron chi connectivity index (χ3n) is 1.53. The SMILES string of the molecule is CC(=O)c1nc(-n2cccn2)cs1. The smallest absolute Gasteiger partial charge is 0.188 e. The van der Waals surface area contributed by atoms with E-state index >= 15 is 0 Å². The Bertz CT molecular complexity index is 418. The van der Waals surface area contributed by atoms with Gasteiger partial charge in [-0.2, -0.15) is 5.10 Å². The largest absolute Gasteiger partial charge is 0.292 e. The van der Waals surface area contributed by atoms with Crippen LogP contribution in [0.3, 0.4) is 0 Å². The second-order valence-corrected chi connectivity index (χ2v) is 3.38. The Balaban J connectivity index is 2.39. The van der Waals surface area contributed by atoms with E-state index in [0.717, 1.165) is 0 Å². The molecule has 13 heavy (non-hydrogen) atoms. The van der Waals surface area contributed by atoms with Gasteiger partial charge in [0.2, 0.25) is 0 Å². The third kappa shape index (κ3) is 1.50. The molecule has 2 rings (SSSR count). The van der Waals surface area contributed by atoms with E-state index in [1.807, 2.05) is 11.4 Å². The van der Waals surface area contributed by atoms with Crippen LogP contribution in [-0.4, -0.2) is 20.5 Å². The predicted molar refractivity (Wildman–Crippen MR) is 49.2 cm³/mol. The van der Waals surface area contributed by atoms with Crippen molar-refractivity contribution >= 4 is 17.1 Å². The minimum atomic E-state index is -0.0107. The molecule has 0 spiro atoms. The minimum absolute atomic E-state index is 0.0107. The lowest BCUT2D eigenvalue weighted by Gasteiger charge is -1.91. The molecule has 0 aliphatic carbocycles. The van der Waals surface area contributed by atoms with Gasteiger partial charge in [0.05, 0.1) is 0 Å². The number of aromatic nitrogens is 3. The summed E-state index contributed by atoms with van der Waals surface area (Å²) in [5.74, 6) is 0.684. The van der Waals surface area contributed by atoms with Gasteiger partial charge in [-0.25, -0.2) is 9.67 Å². The van der Waals surface area contributed by atoms with Crippen LogP contribution in [0.1, 0.15) is 16.7 Å². The molecule has 0 unspecified atom stereocenters. The van der Waals surface area contributed by atoms with Gasteiger partial charge >= 0.3 is 0 Å². The van der Waals surface area contributed by atoms with Crippen molar-refractivity contribution in [1.82, 2.24) is 14.8 Å². The van der Waals surface area contributed by atoms with Crippen LogP contribution in [0, 0.1) is 0 Å². The highest BCUT2D eigenvalue weighted by atomic mass is 32.1. The first-order chi connectivity index (χ1) is 6.27. The van der Waals surface area contributed by atoms with Gasteiger partial charge in [-0.1, -0.05) is 0 Å². The van der Waals surface area contributed by atoms with Crippen LogP contribution in [0.5, 0.6) is 0 Å². The van der Waals surface area contributed by atoms with Gasteiger partial charge in [-0.15, -0.1) is 11.3 Å². The Morgan fingerprint density at radius 3 is 3.00 bits per heavy atom. The zero-order chi connectivity index (χ0) is 9.26. The van der Waals surface area contributed by atoms with Crippen LogP contribution in [0.2, 0.25) is 0 Å². The molecule has 0 amide bonds. The first kappa shape index (κ1) is 8.12. The zero-order valence-electron chi connectivity index (χ0n) is 6.97. The van der Waals surface area contributed by atoms with Crippen LogP contribution < -0.4 is 0 Å². The average Bonchev–Trinajstić information content (AvgIpc) is 2.75. The molecule has 66 valence electrons. The molecule has 2 heterocycles. The molecule has 0 aliphatic heterocycles. The number of rotatable bonds is 2. The van der Waals surface area contributed by atoms with E-state index in [0.29, 0.717) is 10.8 Å². The number of nitrogens with zero attached hydrogens (tertiary/aromatic N) is 3. The fourth-order valence-corrected chi connectivity index (χ4v) is 1.63. The van der Waals surface area contributed by atoms with E-state index in [9.17, 15) is 4.79 Å². The van der Waals surface area contributed by atoms with E-state index in [1.165, 1.54) is 18.3 Å². The maximum absolute atomic E-state index is 10.9. The minimum Gasteiger partial charge on any atom is -0.292 e. The van der Waals surface area contributed by atoms with E-state index in [1.54, 1.807) is 17.1 Å². The second-order valence-electron chi connectivity index (χ2n) is 2.52. The maximum atomic E-state index is 10.9. The van der Waals surface area contributed by atoms with Gasteiger partial charge in [-0.05, 0) is 6.07 Å². The van der Waals surface area contributed by atoms with Crippen molar-refractivity contribution in [2.45, 2.75) is 6.92 Å². The molecule has 0 aliphatic rings. The summed E-state index contributed by atoms with van der Waals surface area (Å²) in [4.78, 5) is 15.1. The summed E-state index contributed by atoms with van der Waals surface area (Å²) in [5, 5.41) is 6.34. The number of ketones is 1. The zero-order valence-corrected chi connectivity index (χ0v) is 7.78. The topological polar surface area (TPSA) is 47.8 Å². The summed E-state index contributed by atoms with van der Waals surface area (Å²) in [7, 11) is 0. The highest BCUT2D eigenvalue weighted by Crippen LogP contribution is 2.12. The van der Waals surface area contributed by atoms with Crippen LogP contribution in [-0.2, 0) is 0 Å². The Morgan fingerprint density at radius 1 is 1.62 bits per heavy atom. The molecule has 0 bridgehead atoms. The molecule has 2 aromatic rings. The van der Waals surface area contributed by atoms with E-state index < -0.39 is 0 Å². The molecule has 4 nitrogen and oxygen atoms in total. The number of carbonyl (C=O) groups is 1. The maximum Gasteiger partial charge on any atom is 0.188 e. The van der Waals surface area contributed by atoms with Crippen molar-refractivity contribution in [2.75, 3.05) is 0 Å². The van der Waals surface area contributed by atoms with Gasteiger partial charge < -0.3 is 0 Å². The lowest BCUT2D eigenvalue weighted by molar-refractivity contribution is 0.101. The highest BCUT2D eigenvalue weighted by molar-refractivity contribution is 7.11. The molecule has 0 aromatic carbocycles. The van der Waals surface area contributed by atoms with E-state index in [-0.39, 0.29) is 5.78 Å². The van der Waals surface area contributed by atoms with Crippen molar-refractivity contribution in [1.29, 1.82) is 0 Å². The molecule has 0 N–H and O–H groups in total. The number of carbonyl (C=O) groups excluding carboxylic acids is 1. The number of thiazole rings is 1. The van der Waals surface area contributed by atoms with Crippen LogP contribution in [0.25, 0.3) is 5.82 Å². The normalized spacial score (nSPS) is 10.2. The number of Topliss-reactive ketones (excluding diaryl/α,β-unsaturated/α-hetero) is 1. The van der Waals surface area contributed by atoms with Crippen molar-refractivity contribution < 1.29 is 4.79 Å². The van der Waals surface area contributed by atoms with Gasteiger partial charge in [0.15, 0.2) is 16.6 Å². The predicted octanol–water partition coefficient (Wildman–Crippen LogP) is 1.53. The van der Waals surface area contributed by atoms with Crippen molar-refractivity contribution in [3.8, 4) is 5.82 Å². The third-order valence-corrected chi connectivity index (χ3v) is 2.46. The molecular weight excluding hydrogens is 186 g/mol. The fraction of sp³-hybridized carbons (Fsp3) is 0.125. The summed E-state index contributed by atoms with van der Waals surface area (Å²) >= 11 is 1.33. The van der Waals surface area contributed by atoms with Gasteiger partial charge in [-0.3, -0.25) is 4.79 Å². The van der Waals surface area contributed by atoms with E-state index in [4.69, 9.17) is 0 Å². The molecule has 0 fully saturated rings. The molecule has 0 saturated carbocycles. The van der Waals surface area contributed by atoms with Gasteiger partial charge in [0, 0.05) is 24.7 Å². The summed E-state index contributed by atoms with van der Waals surface area (Å²) in [6.07, 6.45) is 3.46. The highest BCUT2D eigenvalue weighted by Gasteiger charge is 2.06. The Hall–Kier alpha value is -1.49. The van der Waals surface area contributed by atoms with Crippen LogP contribution in [0.4, 0.5) is 0 Å². The molecule has 0 saturated heterocycles. The Kier molecular flexibility index (Phi) is 1.94. The Morgan fingerprint density at radius 2 is 2.46 bits per heavy atom. The van der Waals surface area contributed by atoms with Crippen molar-refractivity contribution in [2.24, 2.45) is 0 Å². The van der Waals surface area contributed by atoms with Gasteiger partial charge in [0.1, 0.15) is 0 Å². The number of hydrogen-bond acceptors (Lipinski definition) is 4. The standard InChI is InChI=1S/C8H7N3OS/c1-6(12)8-10-7(5-13-8)11-4-2-3-9-11/h2-5H,1H3. The van der Waals surface area contributed by atoms with Crippen molar-refractivity contribution in [3.63, 3.8) is 0 Å². The molecular formula is C8H7N3OS. The molecule has 2 aromatic heterocycles. The average molecular weight is 193 g/mol. The van der Waals surface area contributed by atoms with Crippen molar-refractivity contribution in [3.05, 3.63) is 28.8 Å². The molecule has 0 radical (unpaired) electrons. The summed E-state index contributed by atoms with van der Waals surface area (Å²) in [5.41, 5.74) is 0. The quantitative estimate of drug-likeness (QED) is 0.679. The Labute approximate surface area is 78.8 Å². The summed E-state index contributed by atoms with van der Waals surface area (Å²) in [6, 6.07) is 1.81. The summed E-state index contributed by atoms with van der Waals surface area (Å²) < 4.78 is 1.63. The summed E-state index contributed by atoms with van der Waals surface area (Å²) in [6.45, 7) is 1.51. The monoisotopic (exact) mass is 193 g/mol. The lowest BCUT2D eigenvalue weighted by atomic mass is 10.5. The fourth-order valence-electron chi connectivity index (χ4n) is 0.937. The molecule has 0 atom stereocenters.